The van der Waals surface area contributed by atoms with Gasteiger partial charge in [0.15, 0.2) is 0 Å². The monoisotopic (exact) mass is 119 g/mol. The molecule has 0 N–H and O–H groups in total. The molecule has 0 saturated carbocycles. The molecular weight excluding hydrogens is 110 g/mol. The Balaban J connectivity index is 3.34. The predicted molar refractivity (Wildman–Crippen MR) is 29.4 cm³/mol. The maximum atomic E-state index is 11.2. The normalized spacial score (nSPS) is 12.2. The molecule has 8 heavy (non-hydrogen) atoms. The van der Waals surface area contributed by atoms with Crippen LogP contribution in [0.15, 0.2) is 12.2 Å². The molecule has 0 bridgehead atoms. The van der Waals surface area contributed by atoms with Crippen LogP contribution < -0.4 is 0 Å². The SMILES string of the molecule is CC(C)C=C[C](F)F. The molecule has 0 atom stereocenters. The molecule has 0 aromatic heterocycles. The van der Waals surface area contributed by atoms with Gasteiger partial charge in [0.25, 0.3) is 0 Å². The number of hydrogen-bond acceptors (Lipinski definition) is 0. The Hall–Kier alpha value is -0.400. The highest BCUT2D eigenvalue weighted by atomic mass is 19.3. The topological polar surface area (TPSA) is 0 Å². The van der Waals surface area contributed by atoms with Crippen LogP contribution in [0.1, 0.15) is 13.8 Å². The molecule has 1 radical (unpaired) electrons. The quantitative estimate of drug-likeness (QED) is 0.524. The van der Waals surface area contributed by atoms with Crippen LogP contribution in [-0.4, -0.2) is 0 Å². The van der Waals surface area contributed by atoms with E-state index in [1.165, 1.54) is 6.08 Å². The van der Waals surface area contributed by atoms with Crippen LogP contribution in [-0.2, 0) is 0 Å². The van der Waals surface area contributed by atoms with Crippen molar-refractivity contribution in [3.63, 3.8) is 0 Å². The van der Waals surface area contributed by atoms with Crippen LogP contribution in [0.25, 0.3) is 0 Å². The van der Waals surface area contributed by atoms with Gasteiger partial charge in [-0.2, -0.15) is 8.78 Å². The molecule has 0 rings (SSSR count). The standard InChI is InChI=1S/C6H9F2/c1-5(2)3-4-6(7)8/h3-5H,1-2H3. The second-order valence-electron chi connectivity index (χ2n) is 1.89. The van der Waals surface area contributed by atoms with Gasteiger partial charge in [0.2, 0.25) is 0 Å². The summed E-state index contributed by atoms with van der Waals surface area (Å²) in [6.07, 6.45) is 0.652. The van der Waals surface area contributed by atoms with Gasteiger partial charge in [0, 0.05) is 0 Å². The lowest BCUT2D eigenvalue weighted by atomic mass is 10.2. The highest BCUT2D eigenvalue weighted by Crippen LogP contribution is 2.06. The van der Waals surface area contributed by atoms with Gasteiger partial charge in [0.1, 0.15) is 0 Å². The third-order valence-electron chi connectivity index (χ3n) is 0.607. The summed E-state index contributed by atoms with van der Waals surface area (Å²) in [5.41, 5.74) is 0. The van der Waals surface area contributed by atoms with E-state index in [1.54, 1.807) is 0 Å². The molecule has 0 aliphatic carbocycles. The minimum Gasteiger partial charge on any atom is -0.195 e. The van der Waals surface area contributed by atoms with E-state index in [0.29, 0.717) is 0 Å². The van der Waals surface area contributed by atoms with Gasteiger partial charge in [0.05, 0.1) is 0 Å². The number of rotatable bonds is 2. The van der Waals surface area contributed by atoms with Crippen molar-refractivity contribution in [2.45, 2.75) is 13.8 Å². The Morgan fingerprint density at radius 3 is 2.00 bits per heavy atom. The predicted octanol–water partition coefficient (Wildman–Crippen LogP) is 2.63. The van der Waals surface area contributed by atoms with E-state index >= 15 is 0 Å². The van der Waals surface area contributed by atoms with E-state index in [-0.39, 0.29) is 5.92 Å². The molecule has 0 spiro atoms. The highest BCUT2D eigenvalue weighted by molar-refractivity contribution is 4.95. The first-order chi connectivity index (χ1) is 3.63. The zero-order valence-corrected chi connectivity index (χ0v) is 4.99. The highest BCUT2D eigenvalue weighted by Gasteiger charge is 1.95. The molecule has 47 valence electrons. The van der Waals surface area contributed by atoms with Gasteiger partial charge in [-0.05, 0) is 12.0 Å². The molecule has 0 unspecified atom stereocenters. The summed E-state index contributed by atoms with van der Waals surface area (Å²) in [5, 5.41) is 0. The fraction of sp³-hybridized carbons (Fsp3) is 0.500. The van der Waals surface area contributed by atoms with Crippen molar-refractivity contribution in [1.29, 1.82) is 0 Å². The van der Waals surface area contributed by atoms with E-state index in [9.17, 15) is 8.78 Å². The Morgan fingerprint density at radius 2 is 1.88 bits per heavy atom. The minimum atomic E-state index is -1.63. The van der Waals surface area contributed by atoms with Crippen LogP contribution in [0.4, 0.5) is 8.78 Å². The largest absolute Gasteiger partial charge is 0.332 e. The van der Waals surface area contributed by atoms with Crippen LogP contribution >= 0.6 is 0 Å². The summed E-state index contributed by atoms with van der Waals surface area (Å²) in [6, 6.07) is 0. The first kappa shape index (κ1) is 7.60. The molecule has 2 heteroatoms. The summed E-state index contributed by atoms with van der Waals surface area (Å²) < 4.78 is 22.4. The Bertz CT molecular complexity index is 64.6. The van der Waals surface area contributed by atoms with Crippen molar-refractivity contribution in [2.75, 3.05) is 0 Å². The van der Waals surface area contributed by atoms with Crippen molar-refractivity contribution in [2.24, 2.45) is 5.92 Å². The van der Waals surface area contributed by atoms with E-state index < -0.39 is 6.43 Å². The molecular formula is C6H9F2. The number of allylic oxidation sites excluding steroid dienone is 2. The van der Waals surface area contributed by atoms with Gasteiger partial charge in [-0.15, -0.1) is 0 Å². The first-order valence-electron chi connectivity index (χ1n) is 2.49. The summed E-state index contributed by atoms with van der Waals surface area (Å²) in [7, 11) is 0. The Morgan fingerprint density at radius 1 is 1.38 bits per heavy atom. The fourth-order valence-corrected chi connectivity index (χ4v) is 0.265. The maximum Gasteiger partial charge on any atom is 0.332 e. The smallest absolute Gasteiger partial charge is 0.195 e. The van der Waals surface area contributed by atoms with Gasteiger partial charge in [-0.25, -0.2) is 0 Å². The third kappa shape index (κ3) is 5.60. The van der Waals surface area contributed by atoms with Crippen LogP contribution in [0.3, 0.4) is 0 Å². The van der Waals surface area contributed by atoms with Crippen LogP contribution in [0.5, 0.6) is 0 Å². The summed E-state index contributed by atoms with van der Waals surface area (Å²) in [6.45, 7) is 3.69. The molecule has 0 saturated heterocycles. The van der Waals surface area contributed by atoms with Gasteiger partial charge < -0.3 is 0 Å². The lowest BCUT2D eigenvalue weighted by molar-refractivity contribution is 0.332. The second-order valence-corrected chi connectivity index (χ2v) is 1.89. The van der Waals surface area contributed by atoms with Crippen molar-refractivity contribution in [1.82, 2.24) is 0 Å². The average molecular weight is 119 g/mol. The Labute approximate surface area is 48.2 Å². The lowest BCUT2D eigenvalue weighted by Crippen LogP contribution is -1.78. The van der Waals surface area contributed by atoms with Crippen LogP contribution in [0, 0.1) is 12.3 Å². The third-order valence-corrected chi connectivity index (χ3v) is 0.607. The Kier molecular flexibility index (Phi) is 3.40. The lowest BCUT2D eigenvalue weighted by Gasteiger charge is -1.90. The van der Waals surface area contributed by atoms with Crippen molar-refractivity contribution >= 4 is 0 Å². The number of hydrogen-bond donors (Lipinski definition) is 0. The zero-order valence-electron chi connectivity index (χ0n) is 4.99. The van der Waals surface area contributed by atoms with E-state index in [2.05, 4.69) is 0 Å². The van der Waals surface area contributed by atoms with Gasteiger partial charge in [-0.1, -0.05) is 19.9 Å². The summed E-state index contributed by atoms with van der Waals surface area (Å²) in [5.74, 6) is 0.205. The van der Waals surface area contributed by atoms with Crippen molar-refractivity contribution in [3.05, 3.63) is 18.6 Å². The molecule has 0 heterocycles. The molecule has 0 aromatic rings. The molecule has 0 aliphatic heterocycles. The fourth-order valence-electron chi connectivity index (χ4n) is 0.265. The van der Waals surface area contributed by atoms with E-state index in [4.69, 9.17) is 0 Å². The van der Waals surface area contributed by atoms with E-state index in [1.807, 2.05) is 13.8 Å². The molecule has 0 fully saturated rings. The van der Waals surface area contributed by atoms with Crippen molar-refractivity contribution in [3.8, 4) is 0 Å². The minimum absolute atomic E-state index is 0.205. The summed E-state index contributed by atoms with van der Waals surface area (Å²) in [4.78, 5) is 0. The zero-order chi connectivity index (χ0) is 6.57. The van der Waals surface area contributed by atoms with Crippen molar-refractivity contribution < 1.29 is 8.78 Å². The van der Waals surface area contributed by atoms with Gasteiger partial charge >= 0.3 is 6.43 Å². The molecule has 0 aromatic carbocycles. The van der Waals surface area contributed by atoms with Crippen LogP contribution in [0.2, 0.25) is 0 Å². The molecule has 0 amide bonds. The second kappa shape index (κ2) is 3.58. The van der Waals surface area contributed by atoms with E-state index in [0.717, 1.165) is 6.08 Å². The summed E-state index contributed by atoms with van der Waals surface area (Å²) >= 11 is 0. The molecule has 0 nitrogen and oxygen atoms in total. The number of halogens is 2. The maximum absolute atomic E-state index is 11.2. The average Bonchev–Trinajstić information content (AvgIpc) is 1.61. The molecule has 0 aliphatic rings. The van der Waals surface area contributed by atoms with Gasteiger partial charge in [-0.3, -0.25) is 0 Å². The first-order valence-corrected chi connectivity index (χ1v) is 2.49.